The summed E-state index contributed by atoms with van der Waals surface area (Å²) in [6.07, 6.45) is 4.15. The third-order valence-electron chi connectivity index (χ3n) is 3.82. The molecule has 2 amide bonds. The Balaban J connectivity index is 1.61. The second kappa shape index (κ2) is 8.21. The lowest BCUT2D eigenvalue weighted by Gasteiger charge is -2.25. The van der Waals surface area contributed by atoms with Gasteiger partial charge in [-0.3, -0.25) is 9.59 Å². The highest BCUT2D eigenvalue weighted by Crippen LogP contribution is 2.20. The minimum Gasteiger partial charge on any atom is -0.378 e. The predicted octanol–water partition coefficient (Wildman–Crippen LogP) is 2.10. The molecule has 0 bridgehead atoms. The first-order valence-electron chi connectivity index (χ1n) is 8.09. The zero-order valence-electron chi connectivity index (χ0n) is 13.7. The topological polar surface area (TPSA) is 71.5 Å². The van der Waals surface area contributed by atoms with Crippen LogP contribution in [0.15, 0.2) is 60.8 Å². The molecule has 0 unspecified atom stereocenters. The van der Waals surface area contributed by atoms with E-state index in [4.69, 9.17) is 4.74 Å². The van der Waals surface area contributed by atoms with Gasteiger partial charge in [-0.2, -0.15) is 0 Å². The van der Waals surface area contributed by atoms with Gasteiger partial charge in [-0.05, 0) is 23.3 Å². The Morgan fingerprint density at radius 3 is 2.56 bits per heavy atom. The molecular weight excluding hydrogens is 318 g/mol. The minimum atomic E-state index is -0.390. The van der Waals surface area contributed by atoms with Gasteiger partial charge in [0.25, 0.3) is 0 Å². The van der Waals surface area contributed by atoms with Crippen LogP contribution in [0.5, 0.6) is 0 Å². The highest BCUT2D eigenvalue weighted by Gasteiger charge is 2.14. The van der Waals surface area contributed by atoms with Gasteiger partial charge in [0.05, 0.1) is 13.2 Å². The van der Waals surface area contributed by atoms with E-state index in [1.165, 1.54) is 12.2 Å². The summed E-state index contributed by atoms with van der Waals surface area (Å²) in [4.78, 5) is 29.8. The lowest BCUT2D eigenvalue weighted by atomic mass is 10.1. The molecule has 1 N–H and O–H groups in total. The third kappa shape index (κ3) is 4.74. The number of amides is 2. The van der Waals surface area contributed by atoms with Gasteiger partial charge in [0.15, 0.2) is 0 Å². The molecule has 1 saturated heterocycles. The van der Waals surface area contributed by atoms with Crippen LogP contribution in [0, 0.1) is 0 Å². The largest absolute Gasteiger partial charge is 0.378 e. The van der Waals surface area contributed by atoms with E-state index in [0.29, 0.717) is 32.1 Å². The SMILES string of the molecule is O=C(C=CC(=O)N1CCOCC1)Nc1cc(-c2ccccc2)ccn1. The Morgan fingerprint density at radius 1 is 1.04 bits per heavy atom. The zero-order chi connectivity index (χ0) is 17.5. The number of anilines is 1. The Morgan fingerprint density at radius 2 is 1.80 bits per heavy atom. The van der Waals surface area contributed by atoms with Crippen molar-refractivity contribution in [3.63, 3.8) is 0 Å². The summed E-state index contributed by atoms with van der Waals surface area (Å²) in [6.45, 7) is 2.15. The first kappa shape index (κ1) is 16.9. The molecule has 0 atom stereocenters. The molecular formula is C19H19N3O3. The number of nitrogens with zero attached hydrogens (tertiary/aromatic N) is 2. The molecule has 1 aliphatic rings. The van der Waals surface area contributed by atoms with Crippen molar-refractivity contribution in [2.24, 2.45) is 0 Å². The molecule has 1 aliphatic heterocycles. The molecule has 1 fully saturated rings. The number of aromatic nitrogens is 1. The van der Waals surface area contributed by atoms with Gasteiger partial charge in [-0.15, -0.1) is 0 Å². The number of carbonyl (C=O) groups excluding carboxylic acids is 2. The van der Waals surface area contributed by atoms with E-state index >= 15 is 0 Å². The fraction of sp³-hybridized carbons (Fsp3) is 0.211. The summed E-state index contributed by atoms with van der Waals surface area (Å²) in [6, 6.07) is 13.5. The summed E-state index contributed by atoms with van der Waals surface area (Å²) in [5.74, 6) is -0.140. The van der Waals surface area contributed by atoms with Crippen molar-refractivity contribution < 1.29 is 14.3 Å². The van der Waals surface area contributed by atoms with Crippen molar-refractivity contribution in [2.75, 3.05) is 31.6 Å². The third-order valence-corrected chi connectivity index (χ3v) is 3.82. The van der Waals surface area contributed by atoms with E-state index in [-0.39, 0.29) is 11.8 Å². The smallest absolute Gasteiger partial charge is 0.249 e. The summed E-state index contributed by atoms with van der Waals surface area (Å²) in [5.41, 5.74) is 2.00. The first-order chi connectivity index (χ1) is 12.2. The van der Waals surface area contributed by atoms with Gasteiger partial charge in [-0.25, -0.2) is 4.98 Å². The van der Waals surface area contributed by atoms with Crippen molar-refractivity contribution >= 4 is 17.6 Å². The number of pyridine rings is 1. The van der Waals surface area contributed by atoms with Gasteiger partial charge in [-0.1, -0.05) is 30.3 Å². The number of morpholine rings is 1. The molecule has 0 radical (unpaired) electrons. The highest BCUT2D eigenvalue weighted by atomic mass is 16.5. The minimum absolute atomic E-state index is 0.190. The van der Waals surface area contributed by atoms with Gasteiger partial charge in [0.2, 0.25) is 11.8 Å². The van der Waals surface area contributed by atoms with Crippen LogP contribution in [0.2, 0.25) is 0 Å². The van der Waals surface area contributed by atoms with Crippen molar-refractivity contribution in [3.05, 3.63) is 60.8 Å². The zero-order valence-corrected chi connectivity index (χ0v) is 13.7. The van der Waals surface area contributed by atoms with E-state index in [1.807, 2.05) is 36.4 Å². The maximum atomic E-state index is 12.0. The number of benzene rings is 1. The predicted molar refractivity (Wildman–Crippen MR) is 94.8 cm³/mol. The number of nitrogens with one attached hydrogen (secondary N) is 1. The lowest BCUT2D eigenvalue weighted by molar-refractivity contribution is -0.130. The van der Waals surface area contributed by atoms with Gasteiger partial charge in [0.1, 0.15) is 5.82 Å². The summed E-state index contributed by atoms with van der Waals surface area (Å²) in [5, 5.41) is 2.68. The molecule has 1 aromatic carbocycles. The molecule has 0 saturated carbocycles. The molecule has 128 valence electrons. The van der Waals surface area contributed by atoms with E-state index in [2.05, 4.69) is 10.3 Å². The average molecular weight is 337 g/mol. The Hall–Kier alpha value is -2.99. The first-order valence-corrected chi connectivity index (χ1v) is 8.09. The number of ether oxygens (including phenoxy) is 1. The summed E-state index contributed by atoms with van der Waals surface area (Å²) in [7, 11) is 0. The van der Waals surface area contributed by atoms with Crippen LogP contribution in [0.3, 0.4) is 0 Å². The average Bonchev–Trinajstić information content (AvgIpc) is 2.68. The highest BCUT2D eigenvalue weighted by molar-refractivity contribution is 6.03. The van der Waals surface area contributed by atoms with E-state index < -0.39 is 0 Å². The molecule has 1 aromatic heterocycles. The Bertz CT molecular complexity index is 768. The van der Waals surface area contributed by atoms with Crippen LogP contribution in [-0.2, 0) is 14.3 Å². The lowest BCUT2D eigenvalue weighted by Crippen LogP contribution is -2.39. The van der Waals surface area contributed by atoms with Gasteiger partial charge in [0, 0.05) is 31.4 Å². The van der Waals surface area contributed by atoms with Crippen molar-refractivity contribution in [2.45, 2.75) is 0 Å². The van der Waals surface area contributed by atoms with Crippen LogP contribution in [0.25, 0.3) is 11.1 Å². The number of rotatable bonds is 4. The van der Waals surface area contributed by atoms with E-state index in [0.717, 1.165) is 11.1 Å². The molecule has 0 aliphatic carbocycles. The van der Waals surface area contributed by atoms with Crippen molar-refractivity contribution in [3.8, 4) is 11.1 Å². The second-order valence-electron chi connectivity index (χ2n) is 5.56. The summed E-state index contributed by atoms with van der Waals surface area (Å²) < 4.78 is 5.20. The Kier molecular flexibility index (Phi) is 5.53. The van der Waals surface area contributed by atoms with Gasteiger partial charge < -0.3 is 15.0 Å². The summed E-state index contributed by atoms with van der Waals surface area (Å²) >= 11 is 0. The molecule has 2 aromatic rings. The molecule has 3 rings (SSSR count). The van der Waals surface area contributed by atoms with Gasteiger partial charge >= 0.3 is 0 Å². The maximum Gasteiger partial charge on any atom is 0.249 e. The van der Waals surface area contributed by atoms with E-state index in [1.54, 1.807) is 17.2 Å². The van der Waals surface area contributed by atoms with Crippen LogP contribution in [0.1, 0.15) is 0 Å². The monoisotopic (exact) mass is 337 g/mol. The molecule has 25 heavy (non-hydrogen) atoms. The van der Waals surface area contributed by atoms with E-state index in [9.17, 15) is 9.59 Å². The Labute approximate surface area is 146 Å². The number of hydrogen-bond donors (Lipinski definition) is 1. The fourth-order valence-corrected chi connectivity index (χ4v) is 2.51. The maximum absolute atomic E-state index is 12.0. The normalized spacial score (nSPS) is 14.5. The van der Waals surface area contributed by atoms with Crippen LogP contribution < -0.4 is 5.32 Å². The molecule has 6 heteroatoms. The van der Waals surface area contributed by atoms with Crippen molar-refractivity contribution in [1.82, 2.24) is 9.88 Å². The molecule has 6 nitrogen and oxygen atoms in total. The quantitative estimate of drug-likeness (QED) is 0.868. The number of carbonyl (C=O) groups is 2. The number of hydrogen-bond acceptors (Lipinski definition) is 4. The molecule has 0 spiro atoms. The van der Waals surface area contributed by atoms with Crippen molar-refractivity contribution in [1.29, 1.82) is 0 Å². The van der Waals surface area contributed by atoms with Crippen LogP contribution >= 0.6 is 0 Å². The van der Waals surface area contributed by atoms with Crippen LogP contribution in [-0.4, -0.2) is 48.0 Å². The van der Waals surface area contributed by atoms with Crippen LogP contribution in [0.4, 0.5) is 5.82 Å². The second-order valence-corrected chi connectivity index (χ2v) is 5.56. The fourth-order valence-electron chi connectivity index (χ4n) is 2.51. The molecule has 2 heterocycles. The standard InChI is InChI=1S/C19H19N3O3/c23-18(6-7-19(24)22-10-12-25-13-11-22)21-17-14-16(8-9-20-17)15-4-2-1-3-5-15/h1-9,14H,10-13H2,(H,20,21,23).